The third-order valence-corrected chi connectivity index (χ3v) is 5.14. The first kappa shape index (κ1) is 25.2. The molecule has 1 aromatic carbocycles. The van der Waals surface area contributed by atoms with Gasteiger partial charge in [0, 0.05) is 17.3 Å². The molecule has 0 atom stereocenters. The lowest BCUT2D eigenvalue weighted by Gasteiger charge is -2.30. The molecule has 186 valence electrons. The molecule has 0 bridgehead atoms. The number of nitrogen functional groups attached to an aromatic ring is 1. The van der Waals surface area contributed by atoms with Gasteiger partial charge in [-0.05, 0) is 56.9 Å². The second-order valence-electron chi connectivity index (χ2n) is 7.86. The molecule has 0 unspecified atom stereocenters. The van der Waals surface area contributed by atoms with E-state index in [0.717, 1.165) is 12.8 Å². The van der Waals surface area contributed by atoms with Crippen LogP contribution in [0, 0.1) is 12.3 Å². The number of carbonyl (C=O) groups is 3. The Morgan fingerprint density at radius 3 is 2.43 bits per heavy atom. The molecule has 0 spiro atoms. The Morgan fingerprint density at radius 1 is 1.11 bits per heavy atom. The standard InChI is InChI=1S/C22H27N7O6/c1-13-11-16(35-15-7-5-14(6-8-15)18(23)24)26-19(25-13)27-20(31)28-22(9-3-4-10-22)29-21(32)34-12-17(30)33-2/h5-8,11H,3-4,9-10,12H2,1-2H3,(H3,23,24)(H,29,32)(H2,25,26,27,28,31). The lowest BCUT2D eigenvalue weighted by molar-refractivity contribution is -0.144. The molecule has 35 heavy (non-hydrogen) atoms. The highest BCUT2D eigenvalue weighted by Gasteiger charge is 2.37. The van der Waals surface area contributed by atoms with Gasteiger partial charge in [-0.15, -0.1) is 0 Å². The number of nitrogens with one attached hydrogen (secondary N) is 4. The predicted molar refractivity (Wildman–Crippen MR) is 124 cm³/mol. The maximum absolute atomic E-state index is 12.7. The number of alkyl carbamates (subject to hydrolysis) is 1. The number of amidine groups is 1. The molecular formula is C22H27N7O6. The summed E-state index contributed by atoms with van der Waals surface area (Å²) in [4.78, 5) is 44.4. The number of nitrogens with zero attached hydrogens (tertiary/aromatic N) is 2. The zero-order valence-electron chi connectivity index (χ0n) is 19.3. The average molecular weight is 486 g/mol. The van der Waals surface area contributed by atoms with Crippen LogP contribution >= 0.6 is 0 Å². The minimum atomic E-state index is -1.04. The summed E-state index contributed by atoms with van der Waals surface area (Å²) < 4.78 is 15.0. The molecule has 2 aromatic rings. The highest BCUT2D eigenvalue weighted by Crippen LogP contribution is 2.28. The number of carbonyl (C=O) groups excluding carboxylic acids is 3. The summed E-state index contributed by atoms with van der Waals surface area (Å²) in [6, 6.07) is 7.53. The average Bonchev–Trinajstić information content (AvgIpc) is 3.24. The Labute approximate surface area is 201 Å². The summed E-state index contributed by atoms with van der Waals surface area (Å²) in [7, 11) is 1.18. The Bertz CT molecular complexity index is 1100. The Hall–Kier alpha value is -4.42. The zero-order chi connectivity index (χ0) is 25.4. The topological polar surface area (TPSA) is 191 Å². The van der Waals surface area contributed by atoms with Gasteiger partial charge >= 0.3 is 18.1 Å². The van der Waals surface area contributed by atoms with Crippen molar-refractivity contribution in [1.82, 2.24) is 20.6 Å². The second-order valence-corrected chi connectivity index (χ2v) is 7.86. The predicted octanol–water partition coefficient (Wildman–Crippen LogP) is 2.15. The molecule has 1 aromatic heterocycles. The maximum atomic E-state index is 12.7. The fourth-order valence-corrected chi connectivity index (χ4v) is 3.50. The molecule has 0 aliphatic heterocycles. The molecule has 0 radical (unpaired) electrons. The summed E-state index contributed by atoms with van der Waals surface area (Å²) in [5.41, 5.74) is 5.52. The van der Waals surface area contributed by atoms with Crippen molar-refractivity contribution in [1.29, 1.82) is 5.41 Å². The van der Waals surface area contributed by atoms with E-state index in [-0.39, 0.29) is 17.7 Å². The number of hydrogen-bond donors (Lipinski definition) is 5. The van der Waals surface area contributed by atoms with Crippen LogP contribution in [-0.2, 0) is 14.3 Å². The van der Waals surface area contributed by atoms with Gasteiger partial charge in [-0.3, -0.25) is 16.0 Å². The molecule has 1 saturated carbocycles. The van der Waals surface area contributed by atoms with Gasteiger partial charge < -0.3 is 25.3 Å². The van der Waals surface area contributed by atoms with Crippen molar-refractivity contribution in [2.24, 2.45) is 5.73 Å². The maximum Gasteiger partial charge on any atom is 0.409 e. The normalized spacial score (nSPS) is 13.9. The van der Waals surface area contributed by atoms with E-state index in [0.29, 0.717) is 29.8 Å². The number of aryl methyl sites for hydroxylation is 1. The summed E-state index contributed by atoms with van der Waals surface area (Å²) in [5, 5.41) is 15.4. The van der Waals surface area contributed by atoms with Crippen molar-refractivity contribution < 1.29 is 28.6 Å². The van der Waals surface area contributed by atoms with E-state index in [9.17, 15) is 14.4 Å². The van der Waals surface area contributed by atoms with Crippen LogP contribution in [0.5, 0.6) is 11.6 Å². The lowest BCUT2D eigenvalue weighted by Crippen LogP contribution is -2.60. The quantitative estimate of drug-likeness (QED) is 0.161. The van der Waals surface area contributed by atoms with E-state index in [2.05, 4.69) is 30.7 Å². The first-order valence-electron chi connectivity index (χ1n) is 10.8. The van der Waals surface area contributed by atoms with Crippen LogP contribution in [-0.4, -0.2) is 53.3 Å². The van der Waals surface area contributed by atoms with E-state index in [4.69, 9.17) is 20.6 Å². The Balaban J connectivity index is 1.63. The minimum Gasteiger partial charge on any atom is -0.466 e. The molecule has 1 heterocycles. The number of hydrogen-bond acceptors (Lipinski definition) is 9. The van der Waals surface area contributed by atoms with Gasteiger partial charge in [0.25, 0.3) is 0 Å². The van der Waals surface area contributed by atoms with Crippen molar-refractivity contribution in [2.75, 3.05) is 19.0 Å². The van der Waals surface area contributed by atoms with Gasteiger partial charge in [0.05, 0.1) is 7.11 Å². The van der Waals surface area contributed by atoms with Gasteiger partial charge in [0.15, 0.2) is 6.61 Å². The molecule has 3 rings (SSSR count). The van der Waals surface area contributed by atoms with Crippen LogP contribution in [0.4, 0.5) is 15.5 Å². The fraction of sp³-hybridized carbons (Fsp3) is 0.364. The SMILES string of the molecule is COC(=O)COC(=O)NC1(NC(=O)Nc2nc(C)cc(Oc3ccc(C(=N)N)cc3)n2)CCCC1. The minimum absolute atomic E-state index is 0.000675. The lowest BCUT2D eigenvalue weighted by atomic mass is 10.1. The molecule has 1 fully saturated rings. The number of amides is 3. The van der Waals surface area contributed by atoms with Gasteiger partial charge in [-0.25, -0.2) is 19.4 Å². The molecule has 1 aliphatic carbocycles. The monoisotopic (exact) mass is 485 g/mol. The number of aromatic nitrogens is 2. The van der Waals surface area contributed by atoms with Crippen LogP contribution in [0.2, 0.25) is 0 Å². The number of methoxy groups -OCH3 is 1. The molecule has 3 amide bonds. The number of ether oxygens (including phenoxy) is 3. The van der Waals surface area contributed by atoms with Gasteiger partial charge in [-0.2, -0.15) is 4.98 Å². The van der Waals surface area contributed by atoms with Crippen LogP contribution in [0.15, 0.2) is 30.3 Å². The molecular weight excluding hydrogens is 458 g/mol. The number of urea groups is 1. The molecule has 6 N–H and O–H groups in total. The Morgan fingerprint density at radius 2 is 1.80 bits per heavy atom. The van der Waals surface area contributed by atoms with Crippen LogP contribution in [0.1, 0.15) is 36.9 Å². The molecule has 0 saturated heterocycles. The zero-order valence-corrected chi connectivity index (χ0v) is 19.3. The highest BCUT2D eigenvalue weighted by molar-refractivity contribution is 5.95. The van der Waals surface area contributed by atoms with Crippen molar-refractivity contribution >= 4 is 29.9 Å². The number of nitrogens with two attached hydrogens (primary N) is 1. The summed E-state index contributed by atoms with van der Waals surface area (Å²) in [5.74, 6) is -0.0975. The number of benzene rings is 1. The third-order valence-electron chi connectivity index (χ3n) is 5.14. The van der Waals surface area contributed by atoms with Crippen LogP contribution in [0.25, 0.3) is 0 Å². The summed E-state index contributed by atoms with van der Waals surface area (Å²) in [6.45, 7) is 1.18. The van der Waals surface area contributed by atoms with Gasteiger partial charge in [0.2, 0.25) is 11.8 Å². The third kappa shape index (κ3) is 7.28. The van der Waals surface area contributed by atoms with Crippen molar-refractivity contribution in [3.05, 3.63) is 41.6 Å². The smallest absolute Gasteiger partial charge is 0.409 e. The van der Waals surface area contributed by atoms with Crippen molar-refractivity contribution in [3.63, 3.8) is 0 Å². The van der Waals surface area contributed by atoms with E-state index in [1.807, 2.05) is 0 Å². The number of anilines is 1. The van der Waals surface area contributed by atoms with Crippen LogP contribution in [0.3, 0.4) is 0 Å². The van der Waals surface area contributed by atoms with E-state index < -0.39 is 30.4 Å². The van der Waals surface area contributed by atoms with Crippen LogP contribution < -0.4 is 26.4 Å². The number of rotatable bonds is 8. The molecule has 1 aliphatic rings. The number of esters is 1. The van der Waals surface area contributed by atoms with Crippen molar-refractivity contribution in [2.45, 2.75) is 38.3 Å². The second kappa shape index (κ2) is 11.1. The van der Waals surface area contributed by atoms with Crippen molar-refractivity contribution in [3.8, 4) is 11.6 Å². The first-order chi connectivity index (χ1) is 16.7. The molecule has 13 nitrogen and oxygen atoms in total. The largest absolute Gasteiger partial charge is 0.466 e. The van der Waals surface area contributed by atoms with Gasteiger partial charge in [0.1, 0.15) is 17.2 Å². The summed E-state index contributed by atoms with van der Waals surface area (Å²) in [6.07, 6.45) is 1.66. The molecule has 13 heteroatoms. The first-order valence-corrected chi connectivity index (χ1v) is 10.8. The summed E-state index contributed by atoms with van der Waals surface area (Å²) >= 11 is 0. The van der Waals surface area contributed by atoms with E-state index in [1.54, 1.807) is 37.3 Å². The fourth-order valence-electron chi connectivity index (χ4n) is 3.50. The Kier molecular flexibility index (Phi) is 8.02. The van der Waals surface area contributed by atoms with E-state index >= 15 is 0 Å². The van der Waals surface area contributed by atoms with Gasteiger partial charge in [-0.1, -0.05) is 0 Å². The van der Waals surface area contributed by atoms with E-state index in [1.165, 1.54) is 7.11 Å². The highest BCUT2D eigenvalue weighted by atomic mass is 16.6.